The van der Waals surface area contributed by atoms with Crippen LogP contribution in [0.15, 0.2) is 71.6 Å². The van der Waals surface area contributed by atoms with E-state index in [0.29, 0.717) is 28.6 Å². The van der Waals surface area contributed by atoms with Crippen molar-refractivity contribution < 1.29 is 32.2 Å². The number of amides is 1. The highest BCUT2D eigenvalue weighted by Crippen LogP contribution is 2.33. The van der Waals surface area contributed by atoms with Crippen molar-refractivity contribution in [1.82, 2.24) is 0 Å². The van der Waals surface area contributed by atoms with Gasteiger partial charge in [-0.2, -0.15) is 0 Å². The number of benzene rings is 3. The molecule has 0 atom stereocenters. The van der Waals surface area contributed by atoms with Crippen molar-refractivity contribution in [3.8, 4) is 23.0 Å². The van der Waals surface area contributed by atoms with Gasteiger partial charge >= 0.3 is 0 Å². The van der Waals surface area contributed by atoms with E-state index in [9.17, 15) is 13.2 Å². The normalized spacial score (nSPS) is 10.9. The molecule has 186 valence electrons. The maximum atomic E-state index is 13.8. The van der Waals surface area contributed by atoms with Crippen molar-refractivity contribution in [3.05, 3.63) is 66.7 Å². The van der Waals surface area contributed by atoms with Gasteiger partial charge in [-0.15, -0.1) is 0 Å². The fourth-order valence-electron chi connectivity index (χ4n) is 3.36. The molecule has 1 amide bonds. The first-order valence-electron chi connectivity index (χ1n) is 10.5. The van der Waals surface area contributed by atoms with Crippen LogP contribution in [-0.2, 0) is 14.8 Å². The number of nitrogens with zero attached hydrogens (tertiary/aromatic N) is 2. The summed E-state index contributed by atoms with van der Waals surface area (Å²) in [6.07, 6.45) is 0. The van der Waals surface area contributed by atoms with Crippen LogP contribution in [0.4, 0.5) is 11.4 Å². The molecule has 0 heterocycles. The van der Waals surface area contributed by atoms with E-state index in [4.69, 9.17) is 18.9 Å². The lowest BCUT2D eigenvalue weighted by molar-refractivity contribution is -0.116. The van der Waals surface area contributed by atoms with E-state index in [1.165, 1.54) is 51.5 Å². The van der Waals surface area contributed by atoms with Gasteiger partial charge < -0.3 is 23.8 Å². The minimum Gasteiger partial charge on any atom is -0.497 e. The Bertz CT molecular complexity index is 1280. The average Bonchev–Trinajstić information content (AvgIpc) is 2.90. The molecule has 35 heavy (non-hydrogen) atoms. The van der Waals surface area contributed by atoms with Crippen molar-refractivity contribution in [3.63, 3.8) is 0 Å². The molecule has 10 heteroatoms. The summed E-state index contributed by atoms with van der Waals surface area (Å²) in [6, 6.07) is 17.6. The van der Waals surface area contributed by atoms with E-state index in [2.05, 4.69) is 0 Å². The molecule has 3 aromatic rings. The fraction of sp³-hybridized carbons (Fsp3) is 0.240. The zero-order chi connectivity index (χ0) is 25.6. The van der Waals surface area contributed by atoms with Crippen molar-refractivity contribution in [2.45, 2.75) is 4.90 Å². The molecule has 0 aromatic heterocycles. The molecule has 3 aromatic carbocycles. The first-order valence-corrected chi connectivity index (χ1v) is 12.0. The second-order valence-electron chi connectivity index (χ2n) is 7.38. The first-order chi connectivity index (χ1) is 16.7. The molecule has 0 aliphatic carbocycles. The summed E-state index contributed by atoms with van der Waals surface area (Å²) in [5.74, 6) is 1.32. The smallest absolute Gasteiger partial charge is 0.264 e. The van der Waals surface area contributed by atoms with Gasteiger partial charge in [0.15, 0.2) is 11.5 Å². The van der Waals surface area contributed by atoms with Gasteiger partial charge in [0.25, 0.3) is 10.0 Å². The van der Waals surface area contributed by atoms with Crippen molar-refractivity contribution in [2.75, 3.05) is 51.2 Å². The van der Waals surface area contributed by atoms with Crippen molar-refractivity contribution in [2.24, 2.45) is 0 Å². The Labute approximate surface area is 205 Å². The lowest BCUT2D eigenvalue weighted by Gasteiger charge is -2.27. The number of carbonyl (C=O) groups is 1. The minimum atomic E-state index is -4.17. The summed E-state index contributed by atoms with van der Waals surface area (Å²) in [7, 11) is 3.33. The van der Waals surface area contributed by atoms with Crippen LogP contribution < -0.4 is 28.2 Å². The summed E-state index contributed by atoms with van der Waals surface area (Å²) >= 11 is 0. The standard InChI is InChI=1S/C25H28N2O7S/c1-26(19-7-6-8-21(15-19)32-3)25(28)17-27(18-9-11-20(31-2)12-10-18)35(29,30)22-13-14-23(33-4)24(16-22)34-5/h6-16H,17H2,1-5H3. The third-order valence-corrected chi connectivity index (χ3v) is 7.17. The third-order valence-electron chi connectivity index (χ3n) is 5.40. The second kappa shape index (κ2) is 11.0. The zero-order valence-electron chi connectivity index (χ0n) is 20.2. The predicted molar refractivity (Wildman–Crippen MR) is 133 cm³/mol. The lowest BCUT2D eigenvalue weighted by Crippen LogP contribution is -2.41. The number of carbonyl (C=O) groups excluding carboxylic acids is 1. The van der Waals surface area contributed by atoms with E-state index in [-0.39, 0.29) is 10.6 Å². The van der Waals surface area contributed by atoms with Gasteiger partial charge in [0, 0.05) is 24.9 Å². The molecule has 0 radical (unpaired) electrons. The number of anilines is 2. The maximum absolute atomic E-state index is 13.8. The third kappa shape index (κ3) is 5.60. The number of hydrogen-bond acceptors (Lipinski definition) is 7. The minimum absolute atomic E-state index is 0.0530. The highest BCUT2D eigenvalue weighted by molar-refractivity contribution is 7.92. The Kier molecular flexibility index (Phi) is 8.08. The van der Waals surface area contributed by atoms with Crippen LogP contribution in [-0.4, -0.2) is 56.4 Å². The largest absolute Gasteiger partial charge is 0.497 e. The van der Waals surface area contributed by atoms with Gasteiger partial charge in [-0.3, -0.25) is 9.10 Å². The highest BCUT2D eigenvalue weighted by Gasteiger charge is 2.29. The molecule has 0 N–H and O–H groups in total. The average molecular weight is 501 g/mol. The van der Waals surface area contributed by atoms with Crippen LogP contribution in [0.5, 0.6) is 23.0 Å². The van der Waals surface area contributed by atoms with Gasteiger partial charge in [-0.1, -0.05) is 6.07 Å². The molecule has 0 bridgehead atoms. The zero-order valence-corrected chi connectivity index (χ0v) is 21.0. The Morgan fingerprint density at radius 3 is 2.00 bits per heavy atom. The molecule has 0 unspecified atom stereocenters. The van der Waals surface area contributed by atoms with Crippen molar-refractivity contribution in [1.29, 1.82) is 0 Å². The van der Waals surface area contributed by atoms with Crippen molar-refractivity contribution >= 4 is 27.3 Å². The molecular weight excluding hydrogens is 472 g/mol. The van der Waals surface area contributed by atoms with E-state index in [1.807, 2.05) is 0 Å². The summed E-state index contributed by atoms with van der Waals surface area (Å²) in [4.78, 5) is 14.6. The summed E-state index contributed by atoms with van der Waals surface area (Å²) in [5.41, 5.74) is 0.862. The number of ether oxygens (including phenoxy) is 4. The Morgan fingerprint density at radius 1 is 0.743 bits per heavy atom. The molecule has 0 fully saturated rings. The first kappa shape index (κ1) is 25.7. The quantitative estimate of drug-likeness (QED) is 0.420. The van der Waals surface area contributed by atoms with Crippen LogP contribution in [0.25, 0.3) is 0 Å². The van der Waals surface area contributed by atoms with Crippen LogP contribution >= 0.6 is 0 Å². The van der Waals surface area contributed by atoms with Crippen LogP contribution in [0, 0.1) is 0 Å². The Morgan fingerprint density at radius 2 is 1.40 bits per heavy atom. The van der Waals surface area contributed by atoms with E-state index in [0.717, 1.165) is 4.31 Å². The number of sulfonamides is 1. The number of hydrogen-bond donors (Lipinski definition) is 0. The highest BCUT2D eigenvalue weighted by atomic mass is 32.2. The second-order valence-corrected chi connectivity index (χ2v) is 9.24. The lowest BCUT2D eigenvalue weighted by atomic mass is 10.2. The maximum Gasteiger partial charge on any atom is 0.264 e. The van der Waals surface area contributed by atoms with E-state index in [1.54, 1.807) is 55.6 Å². The number of methoxy groups -OCH3 is 4. The molecule has 0 aliphatic heterocycles. The molecule has 0 saturated carbocycles. The molecular formula is C25H28N2O7S. The fourth-order valence-corrected chi connectivity index (χ4v) is 4.79. The van der Waals surface area contributed by atoms with Gasteiger partial charge in [0.05, 0.1) is 39.0 Å². The monoisotopic (exact) mass is 500 g/mol. The molecule has 3 rings (SSSR count). The summed E-state index contributed by atoms with van der Waals surface area (Å²) in [6.45, 7) is -0.448. The number of likely N-dealkylation sites (N-methyl/N-ethyl adjacent to an activating group) is 1. The summed E-state index contributed by atoms with van der Waals surface area (Å²) in [5, 5.41) is 0. The van der Waals surface area contributed by atoms with Gasteiger partial charge in [-0.25, -0.2) is 8.42 Å². The van der Waals surface area contributed by atoms with Crippen LogP contribution in [0.1, 0.15) is 0 Å². The molecule has 0 saturated heterocycles. The molecule has 9 nitrogen and oxygen atoms in total. The van der Waals surface area contributed by atoms with Gasteiger partial charge in [-0.05, 0) is 48.5 Å². The molecule has 0 spiro atoms. The van der Waals surface area contributed by atoms with Crippen LogP contribution in [0.3, 0.4) is 0 Å². The number of rotatable bonds is 10. The summed E-state index contributed by atoms with van der Waals surface area (Å²) < 4.78 is 49.5. The van der Waals surface area contributed by atoms with Gasteiger partial charge in [0.2, 0.25) is 5.91 Å². The Hall–Kier alpha value is -3.92. The molecule has 0 aliphatic rings. The Balaban J connectivity index is 2.02. The topological polar surface area (TPSA) is 94.6 Å². The van der Waals surface area contributed by atoms with Crippen LogP contribution in [0.2, 0.25) is 0 Å². The predicted octanol–water partition coefficient (Wildman–Crippen LogP) is 3.58. The van der Waals surface area contributed by atoms with E-state index < -0.39 is 22.5 Å². The SMILES string of the molecule is COc1ccc(N(CC(=O)N(C)c2cccc(OC)c2)S(=O)(=O)c2ccc(OC)c(OC)c2)cc1. The van der Waals surface area contributed by atoms with E-state index >= 15 is 0 Å². The van der Waals surface area contributed by atoms with Gasteiger partial charge in [0.1, 0.15) is 18.0 Å².